The molecule has 1 saturated heterocycles. The first-order valence-corrected chi connectivity index (χ1v) is 13.8. The maximum atomic E-state index is 13.6. The summed E-state index contributed by atoms with van der Waals surface area (Å²) in [4.78, 5) is 45.5. The maximum absolute atomic E-state index is 13.6. The average molecular weight is 525 g/mol. The van der Waals surface area contributed by atoms with E-state index in [1.54, 1.807) is 35.2 Å². The molecule has 2 aliphatic rings. The van der Waals surface area contributed by atoms with Crippen LogP contribution in [0, 0.1) is 5.92 Å². The summed E-state index contributed by atoms with van der Waals surface area (Å²) in [5, 5.41) is 3.27. The third kappa shape index (κ3) is 6.27. The van der Waals surface area contributed by atoms with Crippen LogP contribution in [0.1, 0.15) is 66.7 Å². The van der Waals surface area contributed by atoms with E-state index in [1.807, 2.05) is 30.9 Å². The number of nitrogens with one attached hydrogen (secondary N) is 1. The number of rotatable bonds is 7. The van der Waals surface area contributed by atoms with Gasteiger partial charge in [0.25, 0.3) is 11.8 Å². The van der Waals surface area contributed by atoms with Gasteiger partial charge in [-0.25, -0.2) is 0 Å². The summed E-state index contributed by atoms with van der Waals surface area (Å²) in [5.41, 5.74) is 2.31. The van der Waals surface area contributed by atoms with Crippen LogP contribution in [0.25, 0.3) is 0 Å². The van der Waals surface area contributed by atoms with Gasteiger partial charge in [0.2, 0.25) is 5.91 Å². The predicted molar refractivity (Wildman–Crippen MR) is 148 cm³/mol. The highest BCUT2D eigenvalue weighted by Crippen LogP contribution is 2.30. The summed E-state index contributed by atoms with van der Waals surface area (Å²) in [5.74, 6) is 0.0659. The molecule has 1 aliphatic carbocycles. The largest absolute Gasteiger partial charge is 0.369 e. The molecular weight excluding hydrogens is 488 g/mol. The number of anilines is 2. The van der Waals surface area contributed by atoms with Gasteiger partial charge < -0.3 is 20.0 Å². The molecule has 37 heavy (non-hydrogen) atoms. The fraction of sp³-hybridized carbons (Fsp3) is 0.483. The molecule has 1 aliphatic heterocycles. The molecule has 0 unspecified atom stereocenters. The van der Waals surface area contributed by atoms with E-state index < -0.39 is 0 Å². The SMILES string of the molecule is CCN(CC)C(=O)c1cc(NC(=O)c2ccccc2Cl)ccc1N1CCCN(C(=O)C2CCCC2)CC1. The number of carbonyl (C=O) groups is 3. The highest BCUT2D eigenvalue weighted by molar-refractivity contribution is 6.34. The van der Waals surface area contributed by atoms with Crippen molar-refractivity contribution in [1.82, 2.24) is 9.80 Å². The number of nitrogens with zero attached hydrogens (tertiary/aromatic N) is 3. The third-order valence-corrected chi connectivity index (χ3v) is 7.84. The molecule has 198 valence electrons. The van der Waals surface area contributed by atoms with Crippen LogP contribution >= 0.6 is 11.6 Å². The van der Waals surface area contributed by atoms with Crippen molar-refractivity contribution in [3.63, 3.8) is 0 Å². The Kier molecular flexibility index (Phi) is 9.09. The molecule has 0 aromatic heterocycles. The molecule has 1 saturated carbocycles. The van der Waals surface area contributed by atoms with Gasteiger partial charge in [-0.1, -0.05) is 36.6 Å². The number of amides is 3. The van der Waals surface area contributed by atoms with Crippen LogP contribution in [0.2, 0.25) is 5.02 Å². The Hall–Kier alpha value is -3.06. The van der Waals surface area contributed by atoms with Gasteiger partial charge in [0.15, 0.2) is 0 Å². The van der Waals surface area contributed by atoms with E-state index in [9.17, 15) is 14.4 Å². The summed E-state index contributed by atoms with van der Waals surface area (Å²) in [7, 11) is 0. The van der Waals surface area contributed by atoms with E-state index in [2.05, 4.69) is 10.2 Å². The second kappa shape index (κ2) is 12.5. The lowest BCUT2D eigenvalue weighted by atomic mass is 10.1. The number of hydrogen-bond acceptors (Lipinski definition) is 4. The summed E-state index contributed by atoms with van der Waals surface area (Å²) < 4.78 is 0. The van der Waals surface area contributed by atoms with E-state index in [-0.39, 0.29) is 23.6 Å². The molecule has 0 radical (unpaired) electrons. The van der Waals surface area contributed by atoms with Crippen molar-refractivity contribution in [3.8, 4) is 0 Å². The Morgan fingerprint density at radius 3 is 2.35 bits per heavy atom. The number of carbonyl (C=O) groups excluding carboxylic acids is 3. The van der Waals surface area contributed by atoms with Crippen LogP contribution in [0.15, 0.2) is 42.5 Å². The van der Waals surface area contributed by atoms with Gasteiger partial charge in [-0.05, 0) is 63.4 Å². The van der Waals surface area contributed by atoms with Crippen LogP contribution in [0.4, 0.5) is 11.4 Å². The number of benzene rings is 2. The Bertz CT molecular complexity index is 1130. The third-order valence-electron chi connectivity index (χ3n) is 7.51. The maximum Gasteiger partial charge on any atom is 0.257 e. The van der Waals surface area contributed by atoms with Crippen molar-refractivity contribution in [3.05, 3.63) is 58.6 Å². The average Bonchev–Trinajstić information content (AvgIpc) is 3.34. The smallest absolute Gasteiger partial charge is 0.257 e. The van der Waals surface area contributed by atoms with Crippen molar-refractivity contribution in [2.45, 2.75) is 46.0 Å². The Labute approximate surface area is 224 Å². The van der Waals surface area contributed by atoms with E-state index >= 15 is 0 Å². The lowest BCUT2D eigenvalue weighted by molar-refractivity contribution is -0.135. The molecule has 8 heteroatoms. The van der Waals surface area contributed by atoms with Gasteiger partial charge >= 0.3 is 0 Å². The Balaban J connectivity index is 1.57. The molecular formula is C29H37ClN4O3. The molecule has 7 nitrogen and oxygen atoms in total. The van der Waals surface area contributed by atoms with E-state index in [0.717, 1.165) is 50.9 Å². The highest BCUT2D eigenvalue weighted by atomic mass is 35.5. The fourth-order valence-corrected chi connectivity index (χ4v) is 5.62. The van der Waals surface area contributed by atoms with Crippen LogP contribution in [0.3, 0.4) is 0 Å². The second-order valence-electron chi connectivity index (χ2n) is 9.79. The molecule has 2 fully saturated rings. The Morgan fingerprint density at radius 1 is 0.919 bits per heavy atom. The molecule has 0 spiro atoms. The molecule has 3 amide bonds. The molecule has 1 N–H and O–H groups in total. The van der Waals surface area contributed by atoms with Crippen molar-refractivity contribution in [1.29, 1.82) is 0 Å². The highest BCUT2D eigenvalue weighted by Gasteiger charge is 2.29. The van der Waals surface area contributed by atoms with Crippen molar-refractivity contribution in [2.75, 3.05) is 49.5 Å². The van der Waals surface area contributed by atoms with Crippen LogP contribution in [0.5, 0.6) is 0 Å². The zero-order valence-corrected chi connectivity index (χ0v) is 22.6. The minimum Gasteiger partial charge on any atom is -0.369 e. The molecule has 0 atom stereocenters. The number of hydrogen-bond donors (Lipinski definition) is 1. The lowest BCUT2D eigenvalue weighted by Crippen LogP contribution is -2.38. The normalized spacial score (nSPS) is 16.4. The molecule has 1 heterocycles. The predicted octanol–water partition coefficient (Wildman–Crippen LogP) is 5.30. The molecule has 2 aromatic carbocycles. The van der Waals surface area contributed by atoms with Crippen molar-refractivity contribution >= 4 is 40.7 Å². The van der Waals surface area contributed by atoms with E-state index in [4.69, 9.17) is 11.6 Å². The second-order valence-corrected chi connectivity index (χ2v) is 10.2. The summed E-state index contributed by atoms with van der Waals surface area (Å²) in [6.45, 7) is 7.94. The van der Waals surface area contributed by atoms with E-state index in [0.29, 0.717) is 48.0 Å². The Morgan fingerprint density at radius 2 is 1.65 bits per heavy atom. The molecule has 2 aromatic rings. The van der Waals surface area contributed by atoms with Gasteiger partial charge in [-0.2, -0.15) is 0 Å². The van der Waals surface area contributed by atoms with Crippen LogP contribution in [-0.2, 0) is 4.79 Å². The monoisotopic (exact) mass is 524 g/mol. The van der Waals surface area contributed by atoms with E-state index in [1.165, 1.54) is 0 Å². The summed E-state index contributed by atoms with van der Waals surface area (Å²) in [6.07, 6.45) is 5.15. The standard InChI is InChI=1S/C29H37ClN4O3/c1-3-32(4-2)29(37)24-20-22(31-27(35)23-12-7-8-13-25(23)30)14-15-26(24)33-16-9-17-34(19-18-33)28(36)21-10-5-6-11-21/h7-8,12-15,20-21H,3-6,9-11,16-19H2,1-2H3,(H,31,35). The first-order valence-electron chi connectivity index (χ1n) is 13.5. The zero-order valence-electron chi connectivity index (χ0n) is 21.8. The van der Waals surface area contributed by atoms with Crippen molar-refractivity contribution < 1.29 is 14.4 Å². The van der Waals surface area contributed by atoms with Crippen LogP contribution in [-0.4, -0.2) is 66.8 Å². The number of halogens is 1. The lowest BCUT2D eigenvalue weighted by Gasteiger charge is -2.28. The van der Waals surface area contributed by atoms with Gasteiger partial charge in [0, 0.05) is 56.6 Å². The van der Waals surface area contributed by atoms with Crippen LogP contribution < -0.4 is 10.2 Å². The minimum absolute atomic E-state index is 0.0722. The first-order chi connectivity index (χ1) is 17.9. The quantitative estimate of drug-likeness (QED) is 0.533. The van der Waals surface area contributed by atoms with Gasteiger partial charge in [-0.3, -0.25) is 14.4 Å². The first kappa shape index (κ1) is 27.0. The van der Waals surface area contributed by atoms with Gasteiger partial charge in [0.05, 0.1) is 16.1 Å². The minimum atomic E-state index is -0.324. The summed E-state index contributed by atoms with van der Waals surface area (Å²) in [6, 6.07) is 12.4. The molecule has 0 bridgehead atoms. The van der Waals surface area contributed by atoms with Crippen molar-refractivity contribution in [2.24, 2.45) is 5.92 Å². The van der Waals surface area contributed by atoms with Gasteiger partial charge in [-0.15, -0.1) is 0 Å². The fourth-order valence-electron chi connectivity index (χ4n) is 5.40. The summed E-state index contributed by atoms with van der Waals surface area (Å²) >= 11 is 6.21. The molecule has 4 rings (SSSR count). The zero-order chi connectivity index (χ0) is 26.4. The van der Waals surface area contributed by atoms with Gasteiger partial charge in [0.1, 0.15) is 0 Å². The topological polar surface area (TPSA) is 73.0 Å².